The summed E-state index contributed by atoms with van der Waals surface area (Å²) in [5.74, 6) is -1.37. The number of hydrogen-bond donors (Lipinski definition) is 3. The lowest BCUT2D eigenvalue weighted by atomic mass is 9.75. The molecule has 2 aliphatic rings. The SMILES string of the molecule is CC[C@H]1O[C@@](C#N)(c2ccc3c(N)ncnn23)[C@](C)(OCc2ccccc2)[C@@H]1C.C[C@@]1(OCc2ccccc2)[C@H](OCc2ccccc2)[C@@H](COCc2ccccc2)OC1(O)c1ccc2c(N)ncnn12.C[Si](C)(C)C#N.C[Si](C)(C)OS(=O)(=O)C(F)(F)F.Cl. The number of hydrogen-bond acceptors (Lipinski definition) is 18. The van der Waals surface area contributed by atoms with Crippen LogP contribution in [0.25, 0.3) is 11.0 Å². The molecule has 0 bridgehead atoms. The zero-order chi connectivity index (χ0) is 65.1. The van der Waals surface area contributed by atoms with Crippen LogP contribution in [0.3, 0.4) is 0 Å². The van der Waals surface area contributed by atoms with Crippen LogP contribution in [-0.2, 0) is 80.2 Å². The number of anilines is 2. The minimum absolute atomic E-state index is 0. The Morgan fingerprint density at radius 1 is 0.656 bits per heavy atom. The molecular formula is C63H78ClF3N10O10SSi2. The van der Waals surface area contributed by atoms with Crippen molar-refractivity contribution < 1.29 is 59.0 Å². The van der Waals surface area contributed by atoms with Gasteiger partial charge in [-0.1, -0.05) is 155 Å². The van der Waals surface area contributed by atoms with Crippen molar-refractivity contribution in [3.63, 3.8) is 0 Å². The van der Waals surface area contributed by atoms with Gasteiger partial charge in [-0.05, 0) is 86.4 Å². The summed E-state index contributed by atoms with van der Waals surface area (Å²) in [6.45, 7) is 19.5. The van der Waals surface area contributed by atoms with E-state index in [0.29, 0.717) is 41.5 Å². The summed E-state index contributed by atoms with van der Waals surface area (Å²) in [4.78, 5) is 8.14. The van der Waals surface area contributed by atoms with Crippen LogP contribution in [-0.4, -0.2) is 101 Å². The fourth-order valence-electron chi connectivity index (χ4n) is 10.2. The molecule has 20 nitrogen and oxygen atoms in total. The first-order chi connectivity index (χ1) is 42.0. The number of alkyl halides is 3. The number of ether oxygens (including phenoxy) is 6. The molecule has 2 saturated heterocycles. The Bertz CT molecular complexity index is 3810. The summed E-state index contributed by atoms with van der Waals surface area (Å²) in [6.07, 6.45) is 1.96. The van der Waals surface area contributed by atoms with Gasteiger partial charge in [0.15, 0.2) is 25.3 Å². The van der Waals surface area contributed by atoms with E-state index in [1.807, 2.05) is 167 Å². The van der Waals surface area contributed by atoms with E-state index in [2.05, 4.69) is 49.6 Å². The van der Waals surface area contributed by atoms with Crippen molar-refractivity contribution in [3.05, 3.63) is 192 Å². The monoisotopic (exact) mass is 1310 g/mol. The zero-order valence-corrected chi connectivity index (χ0v) is 55.5. The predicted octanol–water partition coefficient (Wildman–Crippen LogP) is 11.6. The molecule has 1 unspecified atom stereocenters. The number of aromatic nitrogens is 6. The molecule has 8 atom stereocenters. The van der Waals surface area contributed by atoms with Crippen molar-refractivity contribution in [2.45, 2.75) is 146 Å². The Kier molecular flexibility index (Phi) is 23.9. The summed E-state index contributed by atoms with van der Waals surface area (Å²) in [6, 6.07) is 49.0. The Hall–Kier alpha value is -7.16. The highest BCUT2D eigenvalue weighted by Crippen LogP contribution is 2.54. The van der Waals surface area contributed by atoms with Crippen molar-refractivity contribution in [1.29, 1.82) is 10.5 Å². The highest BCUT2D eigenvalue weighted by Gasteiger charge is 2.68. The Morgan fingerprint density at radius 2 is 1.08 bits per heavy atom. The molecule has 2 aliphatic heterocycles. The van der Waals surface area contributed by atoms with Gasteiger partial charge in [0.1, 0.15) is 53.3 Å². The number of benzene rings is 4. The van der Waals surface area contributed by atoms with E-state index in [4.69, 9.17) is 45.2 Å². The number of nitriles is 2. The fourth-order valence-corrected chi connectivity index (χ4v) is 13.2. The molecule has 0 radical (unpaired) electrons. The summed E-state index contributed by atoms with van der Waals surface area (Å²) in [5, 5.41) is 40.0. The van der Waals surface area contributed by atoms with Gasteiger partial charge in [0.25, 0.3) is 0 Å². The van der Waals surface area contributed by atoms with Crippen LogP contribution < -0.4 is 11.5 Å². The number of rotatable bonds is 18. The van der Waals surface area contributed by atoms with E-state index in [0.717, 1.165) is 28.7 Å². The largest absolute Gasteiger partial charge is 0.522 e. The number of aliphatic hydroxyl groups is 1. The third-order valence-corrected chi connectivity index (χ3v) is 19.1. The van der Waals surface area contributed by atoms with Gasteiger partial charge in [-0.2, -0.15) is 37.0 Å². The normalized spacial score (nSPS) is 23.2. The van der Waals surface area contributed by atoms with Crippen molar-refractivity contribution >= 4 is 61.6 Å². The first kappa shape index (κ1) is 71.9. The molecule has 5 N–H and O–H groups in total. The smallest absolute Gasteiger partial charge is 0.382 e. The van der Waals surface area contributed by atoms with Gasteiger partial charge in [0.2, 0.25) is 19.7 Å². The minimum atomic E-state index is -5.39. The summed E-state index contributed by atoms with van der Waals surface area (Å²) in [7, 11) is -9.43. The van der Waals surface area contributed by atoms with Gasteiger partial charge in [-0.25, -0.2) is 24.3 Å². The molecule has 90 heavy (non-hydrogen) atoms. The van der Waals surface area contributed by atoms with E-state index in [-0.39, 0.29) is 50.1 Å². The highest BCUT2D eigenvalue weighted by molar-refractivity contribution is 7.88. The molecule has 482 valence electrons. The van der Waals surface area contributed by atoms with E-state index in [9.17, 15) is 32.0 Å². The van der Waals surface area contributed by atoms with Gasteiger partial charge in [-0.3, -0.25) is 0 Å². The molecule has 0 saturated carbocycles. The lowest BCUT2D eigenvalue weighted by Gasteiger charge is -2.40. The van der Waals surface area contributed by atoms with Crippen molar-refractivity contribution in [2.75, 3.05) is 18.1 Å². The maximum atomic E-state index is 12.6. The van der Waals surface area contributed by atoms with Crippen LogP contribution in [0.4, 0.5) is 24.8 Å². The average Bonchev–Trinajstić information content (AvgIpc) is 1.55. The van der Waals surface area contributed by atoms with Gasteiger partial charge in [-0.15, -0.1) is 12.4 Å². The Morgan fingerprint density at radius 3 is 1.49 bits per heavy atom. The second kappa shape index (κ2) is 29.9. The van der Waals surface area contributed by atoms with Gasteiger partial charge >= 0.3 is 15.6 Å². The Labute approximate surface area is 531 Å². The van der Waals surface area contributed by atoms with Crippen LogP contribution in [0.2, 0.25) is 39.3 Å². The molecule has 6 heterocycles. The standard InChI is InChI=1S/C33H34N4O5.C22H25N5O2.C4H9F3O3SSi.C4H9NSi.ClH/c1-32(41-21-26-15-9-4-10-16-26)30(40-20-25-13-7-3-8-14-25)28(22-39-19-24-11-5-2-6-12-24)42-33(32,38)29-18-17-27-31(34)35-23-36-37(27)29;1-4-18-15(2)21(3,28-12-16-8-6-5-7-9-16)22(13-23,29-18)19-11-10-17-20(24)25-14-26-27(17)19;1-12(2,3)10-11(8,9)4(5,6)7;1-6(2,3)4-5;/h2-18,23,28,30,38H,19-22H2,1H3,(H2,34,35,36);5-11,14-15,18H,4,12H2,1-3H3,(H2,24,25,26);1-3H3;1-3H3;1H/t28-,30-,32-,33?;15-,18-,21-,22+;;;/m11.../s1. The minimum Gasteiger partial charge on any atom is -0.382 e. The van der Waals surface area contributed by atoms with E-state index in [1.54, 1.807) is 16.6 Å². The maximum Gasteiger partial charge on any atom is 0.522 e. The van der Waals surface area contributed by atoms with Crippen LogP contribution in [0.15, 0.2) is 158 Å². The zero-order valence-electron chi connectivity index (χ0n) is 51.9. The second-order valence-corrected chi connectivity index (χ2v) is 34.7. The van der Waals surface area contributed by atoms with Gasteiger partial charge < -0.3 is 48.9 Å². The molecule has 0 aliphatic carbocycles. The molecule has 4 aromatic carbocycles. The number of nitrogens with zero attached hydrogens (tertiary/aromatic N) is 8. The molecule has 27 heteroatoms. The number of nitrogens with two attached hydrogens (primary N) is 2. The lowest BCUT2D eigenvalue weighted by molar-refractivity contribution is -0.294. The quantitative estimate of drug-likeness (QED) is 0.0532. The summed E-state index contributed by atoms with van der Waals surface area (Å²) < 4.78 is 102. The average molecular weight is 1320 g/mol. The number of halogens is 4. The van der Waals surface area contributed by atoms with E-state index >= 15 is 0 Å². The molecule has 4 aromatic heterocycles. The molecule has 2 fully saturated rings. The Balaban J connectivity index is 0.000000231. The van der Waals surface area contributed by atoms with Crippen molar-refractivity contribution in [3.8, 4) is 11.8 Å². The molecular weight excluding hydrogens is 1240 g/mol. The van der Waals surface area contributed by atoms with Gasteiger partial charge in [0, 0.05) is 11.6 Å². The first-order valence-electron chi connectivity index (χ1n) is 28.7. The highest BCUT2D eigenvalue weighted by atomic mass is 35.5. The summed E-state index contributed by atoms with van der Waals surface area (Å²) in [5.41, 5.74) is 11.6. The molecule has 0 spiro atoms. The topological polar surface area (TPSA) is 279 Å². The molecule has 8 aromatic rings. The third-order valence-electron chi connectivity index (χ3n) is 15.0. The summed E-state index contributed by atoms with van der Waals surface area (Å²) >= 11 is 0. The van der Waals surface area contributed by atoms with Crippen molar-refractivity contribution in [1.82, 2.24) is 29.2 Å². The van der Waals surface area contributed by atoms with Crippen molar-refractivity contribution in [2.24, 2.45) is 5.92 Å². The van der Waals surface area contributed by atoms with E-state index in [1.165, 1.54) is 36.8 Å². The van der Waals surface area contributed by atoms with Crippen LogP contribution in [0.5, 0.6) is 0 Å². The fraction of sp³-hybridized carbons (Fsp3) is 0.397. The lowest BCUT2D eigenvalue weighted by Crippen LogP contribution is -2.55. The van der Waals surface area contributed by atoms with Crippen LogP contribution in [0.1, 0.15) is 67.8 Å². The third kappa shape index (κ3) is 16.5. The number of fused-ring (bicyclic) bond motifs is 2. The number of nitrogen functional groups attached to an aromatic ring is 2. The maximum absolute atomic E-state index is 12.6. The van der Waals surface area contributed by atoms with Gasteiger partial charge in [0.05, 0.1) is 44.8 Å². The van der Waals surface area contributed by atoms with Crippen LogP contribution in [0, 0.1) is 28.2 Å². The first-order valence-corrected chi connectivity index (χ1v) is 37.0. The van der Waals surface area contributed by atoms with E-state index < -0.39 is 66.8 Å². The van der Waals surface area contributed by atoms with Crippen LogP contribution >= 0.6 is 12.4 Å². The molecule has 0 amide bonds. The second-order valence-electron chi connectivity index (χ2n) is 23.7. The molecule has 10 rings (SSSR count). The predicted molar refractivity (Wildman–Crippen MR) is 341 cm³/mol.